The number of amides is 1. The van der Waals surface area contributed by atoms with Crippen LogP contribution >= 0.6 is 0 Å². The molecule has 0 fully saturated rings. The molecule has 2 N–H and O–H groups in total. The Bertz CT molecular complexity index is 534. The summed E-state index contributed by atoms with van der Waals surface area (Å²) in [5, 5.41) is 2.86. The number of imidazole rings is 1. The highest BCUT2D eigenvalue weighted by Gasteiger charge is 2.09. The molecule has 1 amide bonds. The monoisotopic (exact) mass is 244 g/mol. The minimum Gasteiger partial charge on any atom is -0.352 e. The molecule has 2 aromatic rings. The maximum Gasteiger partial charge on any atom is 0.253 e. The van der Waals surface area contributed by atoms with Gasteiger partial charge in [-0.05, 0) is 26.0 Å². The fourth-order valence-corrected chi connectivity index (χ4v) is 1.75. The number of carbonyl (C=O) groups is 1. The van der Waals surface area contributed by atoms with E-state index >= 15 is 0 Å². The summed E-state index contributed by atoms with van der Waals surface area (Å²) in [5.74, 6) is 0.778. The summed E-state index contributed by atoms with van der Waals surface area (Å²) in [6.07, 6.45) is 4.16. The molecule has 2 heterocycles. The molecule has 2 rings (SSSR count). The first-order chi connectivity index (χ1) is 8.66. The summed E-state index contributed by atoms with van der Waals surface area (Å²) in [6, 6.07) is 3.65. The van der Waals surface area contributed by atoms with Gasteiger partial charge in [-0.2, -0.15) is 0 Å². The first-order valence-electron chi connectivity index (χ1n) is 5.87. The van der Waals surface area contributed by atoms with Crippen LogP contribution in [0.1, 0.15) is 27.6 Å². The lowest BCUT2D eigenvalue weighted by atomic mass is 10.1. The second-order valence-corrected chi connectivity index (χ2v) is 4.13. The lowest BCUT2D eigenvalue weighted by Gasteiger charge is -2.07. The van der Waals surface area contributed by atoms with Gasteiger partial charge >= 0.3 is 0 Å². The van der Waals surface area contributed by atoms with Gasteiger partial charge in [0.05, 0.1) is 11.3 Å². The number of hydrogen-bond acceptors (Lipinski definition) is 3. The normalized spacial score (nSPS) is 10.3. The van der Waals surface area contributed by atoms with Crippen molar-refractivity contribution in [1.82, 2.24) is 20.3 Å². The van der Waals surface area contributed by atoms with Crippen LogP contribution in [0.5, 0.6) is 0 Å². The Morgan fingerprint density at radius 3 is 2.89 bits per heavy atom. The molecule has 0 saturated heterocycles. The Balaban J connectivity index is 1.91. The van der Waals surface area contributed by atoms with Crippen LogP contribution in [0.3, 0.4) is 0 Å². The summed E-state index contributed by atoms with van der Waals surface area (Å²) in [7, 11) is 0. The fourth-order valence-electron chi connectivity index (χ4n) is 1.75. The van der Waals surface area contributed by atoms with Crippen molar-refractivity contribution in [2.75, 3.05) is 6.54 Å². The number of nitrogens with zero attached hydrogens (tertiary/aromatic N) is 2. The van der Waals surface area contributed by atoms with Gasteiger partial charge in [-0.3, -0.25) is 9.78 Å². The van der Waals surface area contributed by atoms with Gasteiger partial charge in [0.25, 0.3) is 5.91 Å². The van der Waals surface area contributed by atoms with E-state index in [0.29, 0.717) is 18.5 Å². The molecule has 5 heteroatoms. The average Bonchev–Trinajstić information content (AvgIpc) is 2.81. The van der Waals surface area contributed by atoms with E-state index in [0.717, 1.165) is 17.2 Å². The van der Waals surface area contributed by atoms with Crippen molar-refractivity contribution in [3.63, 3.8) is 0 Å². The molecule has 0 radical (unpaired) electrons. The molecule has 0 bridgehead atoms. The van der Waals surface area contributed by atoms with Gasteiger partial charge in [0.2, 0.25) is 0 Å². The molecule has 0 saturated carbocycles. The van der Waals surface area contributed by atoms with Crippen molar-refractivity contribution in [3.05, 3.63) is 47.3 Å². The van der Waals surface area contributed by atoms with E-state index in [4.69, 9.17) is 0 Å². The Labute approximate surface area is 106 Å². The van der Waals surface area contributed by atoms with E-state index in [1.165, 1.54) is 0 Å². The quantitative estimate of drug-likeness (QED) is 0.854. The van der Waals surface area contributed by atoms with Gasteiger partial charge in [-0.15, -0.1) is 0 Å². The molecule has 2 aromatic heterocycles. The van der Waals surface area contributed by atoms with Crippen molar-refractivity contribution in [2.24, 2.45) is 0 Å². The van der Waals surface area contributed by atoms with E-state index in [9.17, 15) is 4.79 Å². The number of aryl methyl sites for hydroxylation is 2. The summed E-state index contributed by atoms with van der Waals surface area (Å²) in [5.41, 5.74) is 2.30. The van der Waals surface area contributed by atoms with Crippen molar-refractivity contribution in [1.29, 1.82) is 0 Å². The summed E-state index contributed by atoms with van der Waals surface area (Å²) < 4.78 is 0. The molecule has 5 nitrogen and oxygen atoms in total. The van der Waals surface area contributed by atoms with E-state index in [2.05, 4.69) is 20.3 Å². The Morgan fingerprint density at radius 1 is 1.39 bits per heavy atom. The standard InChI is InChI=1S/C13H16N4O/c1-9-3-4-11(10(2)17-9)13(18)16-6-5-12-14-7-8-15-12/h3-4,7-8H,5-6H2,1-2H3,(H,14,15)(H,16,18). The first kappa shape index (κ1) is 12.3. The topological polar surface area (TPSA) is 70.7 Å². The Morgan fingerprint density at radius 2 is 2.22 bits per heavy atom. The van der Waals surface area contributed by atoms with Crippen LogP contribution < -0.4 is 5.32 Å². The fraction of sp³-hybridized carbons (Fsp3) is 0.308. The molecule has 0 aliphatic carbocycles. The number of carbonyl (C=O) groups excluding carboxylic acids is 1. The Hall–Kier alpha value is -2.17. The molecule has 0 atom stereocenters. The average molecular weight is 244 g/mol. The number of hydrogen-bond donors (Lipinski definition) is 2. The Kier molecular flexibility index (Phi) is 3.72. The molecular weight excluding hydrogens is 228 g/mol. The number of aromatic nitrogens is 3. The molecule has 0 unspecified atom stereocenters. The zero-order chi connectivity index (χ0) is 13.0. The van der Waals surface area contributed by atoms with Gasteiger partial charge < -0.3 is 10.3 Å². The highest BCUT2D eigenvalue weighted by molar-refractivity contribution is 5.95. The van der Waals surface area contributed by atoms with Crippen molar-refractivity contribution >= 4 is 5.91 Å². The molecule has 0 aliphatic rings. The lowest BCUT2D eigenvalue weighted by Crippen LogP contribution is -2.26. The minimum atomic E-state index is -0.0912. The van der Waals surface area contributed by atoms with Crippen molar-refractivity contribution < 1.29 is 4.79 Å². The number of pyridine rings is 1. The zero-order valence-corrected chi connectivity index (χ0v) is 10.5. The summed E-state index contributed by atoms with van der Waals surface area (Å²) >= 11 is 0. The number of H-pyrrole nitrogens is 1. The molecule has 0 aliphatic heterocycles. The predicted octanol–water partition coefficient (Wildman–Crippen LogP) is 1.39. The van der Waals surface area contributed by atoms with Crippen molar-refractivity contribution in [3.8, 4) is 0 Å². The van der Waals surface area contributed by atoms with Gasteiger partial charge in [0.1, 0.15) is 5.82 Å². The zero-order valence-electron chi connectivity index (χ0n) is 10.5. The van der Waals surface area contributed by atoms with Gasteiger partial charge in [0, 0.05) is 31.1 Å². The smallest absolute Gasteiger partial charge is 0.253 e. The van der Waals surface area contributed by atoms with E-state index in [1.807, 2.05) is 19.9 Å². The number of nitrogens with one attached hydrogen (secondary N) is 2. The summed E-state index contributed by atoms with van der Waals surface area (Å²) in [4.78, 5) is 23.3. The van der Waals surface area contributed by atoms with Crippen LogP contribution in [0.2, 0.25) is 0 Å². The molecule has 0 aromatic carbocycles. The van der Waals surface area contributed by atoms with Gasteiger partial charge in [0.15, 0.2) is 0 Å². The van der Waals surface area contributed by atoms with E-state index in [1.54, 1.807) is 18.5 Å². The van der Waals surface area contributed by atoms with Crippen LogP contribution in [0.4, 0.5) is 0 Å². The number of rotatable bonds is 4. The molecule has 0 spiro atoms. The third-order valence-corrected chi connectivity index (χ3v) is 2.67. The third-order valence-electron chi connectivity index (χ3n) is 2.67. The first-order valence-corrected chi connectivity index (χ1v) is 5.87. The summed E-state index contributed by atoms with van der Waals surface area (Å²) in [6.45, 7) is 4.31. The maximum absolute atomic E-state index is 11.9. The van der Waals surface area contributed by atoms with Crippen LogP contribution in [0.25, 0.3) is 0 Å². The van der Waals surface area contributed by atoms with Gasteiger partial charge in [-0.1, -0.05) is 0 Å². The minimum absolute atomic E-state index is 0.0912. The lowest BCUT2D eigenvalue weighted by molar-refractivity contribution is 0.0953. The van der Waals surface area contributed by atoms with Crippen molar-refractivity contribution in [2.45, 2.75) is 20.3 Å². The van der Waals surface area contributed by atoms with E-state index < -0.39 is 0 Å². The maximum atomic E-state index is 11.9. The largest absolute Gasteiger partial charge is 0.352 e. The SMILES string of the molecule is Cc1ccc(C(=O)NCCc2ncc[nH]2)c(C)n1. The van der Waals surface area contributed by atoms with Crippen LogP contribution in [-0.4, -0.2) is 27.4 Å². The second-order valence-electron chi connectivity index (χ2n) is 4.13. The molecule has 94 valence electrons. The number of aromatic amines is 1. The molecular formula is C13H16N4O. The van der Waals surface area contributed by atoms with Gasteiger partial charge in [-0.25, -0.2) is 4.98 Å². The third kappa shape index (κ3) is 2.94. The second kappa shape index (κ2) is 5.44. The van der Waals surface area contributed by atoms with Crippen LogP contribution in [-0.2, 0) is 6.42 Å². The van der Waals surface area contributed by atoms with E-state index in [-0.39, 0.29) is 5.91 Å². The highest BCUT2D eigenvalue weighted by atomic mass is 16.1. The predicted molar refractivity (Wildman–Crippen MR) is 68.3 cm³/mol. The van der Waals surface area contributed by atoms with Crippen LogP contribution in [0.15, 0.2) is 24.5 Å². The van der Waals surface area contributed by atoms with Crippen LogP contribution in [0, 0.1) is 13.8 Å². The molecule has 18 heavy (non-hydrogen) atoms. The highest BCUT2D eigenvalue weighted by Crippen LogP contribution is 2.06.